The van der Waals surface area contributed by atoms with Crippen LogP contribution in [-0.2, 0) is 11.2 Å². The van der Waals surface area contributed by atoms with Crippen molar-refractivity contribution in [2.75, 3.05) is 20.2 Å². The van der Waals surface area contributed by atoms with E-state index in [0.717, 1.165) is 50.9 Å². The summed E-state index contributed by atoms with van der Waals surface area (Å²) in [7, 11) is 1.71. The van der Waals surface area contributed by atoms with E-state index in [0.29, 0.717) is 11.7 Å². The normalized spacial score (nSPS) is 16.6. The van der Waals surface area contributed by atoms with E-state index in [4.69, 9.17) is 4.74 Å². The van der Waals surface area contributed by atoms with Gasteiger partial charge in [0.15, 0.2) is 0 Å². The number of ketones is 1. The highest BCUT2D eigenvalue weighted by Gasteiger charge is 2.17. The molecule has 104 valence electrons. The van der Waals surface area contributed by atoms with Crippen molar-refractivity contribution in [3.63, 3.8) is 0 Å². The first-order valence-corrected chi connectivity index (χ1v) is 7.14. The summed E-state index contributed by atoms with van der Waals surface area (Å²) in [6.45, 7) is 1.99. The van der Waals surface area contributed by atoms with Gasteiger partial charge in [-0.15, -0.1) is 0 Å². The van der Waals surface area contributed by atoms with E-state index >= 15 is 0 Å². The predicted octanol–water partition coefficient (Wildman–Crippen LogP) is 2.59. The summed E-state index contributed by atoms with van der Waals surface area (Å²) in [5, 5.41) is 3.50. The van der Waals surface area contributed by atoms with Gasteiger partial charge in [0.05, 0.1) is 7.11 Å². The van der Waals surface area contributed by atoms with Crippen LogP contribution in [0.4, 0.5) is 0 Å². The van der Waals surface area contributed by atoms with Crippen molar-refractivity contribution < 1.29 is 9.53 Å². The number of rotatable bonds is 6. The Hall–Kier alpha value is -1.35. The first kappa shape index (κ1) is 14.1. The minimum atomic E-state index is 0.435. The largest absolute Gasteiger partial charge is 0.496 e. The number of hydrogen-bond acceptors (Lipinski definition) is 3. The third kappa shape index (κ3) is 4.35. The molecule has 1 fully saturated rings. The fourth-order valence-electron chi connectivity index (χ4n) is 2.64. The molecule has 1 N–H and O–H groups in total. The van der Waals surface area contributed by atoms with Crippen LogP contribution in [0.1, 0.15) is 31.2 Å². The Morgan fingerprint density at radius 3 is 2.74 bits per heavy atom. The summed E-state index contributed by atoms with van der Waals surface area (Å²) in [6.07, 6.45) is 4.65. The Kier molecular flexibility index (Phi) is 5.40. The second-order valence-corrected chi connectivity index (χ2v) is 5.25. The molecule has 3 nitrogen and oxygen atoms in total. The molecule has 0 bridgehead atoms. The zero-order valence-electron chi connectivity index (χ0n) is 11.7. The van der Waals surface area contributed by atoms with Gasteiger partial charge >= 0.3 is 0 Å². The summed E-state index contributed by atoms with van der Waals surface area (Å²) in [5.74, 6) is 2.08. The van der Waals surface area contributed by atoms with Gasteiger partial charge in [0.1, 0.15) is 11.5 Å². The first-order valence-electron chi connectivity index (χ1n) is 7.14. The van der Waals surface area contributed by atoms with Gasteiger partial charge in [0.25, 0.3) is 0 Å². The van der Waals surface area contributed by atoms with E-state index < -0.39 is 0 Å². The van der Waals surface area contributed by atoms with Crippen LogP contribution in [0.15, 0.2) is 24.3 Å². The second kappa shape index (κ2) is 7.29. The molecule has 0 unspecified atom stereocenters. The smallest absolute Gasteiger partial charge is 0.132 e. The Bertz CT molecular complexity index is 407. The number of benzene rings is 1. The molecule has 0 atom stereocenters. The molecular formula is C16H23NO2. The highest BCUT2D eigenvalue weighted by Crippen LogP contribution is 2.21. The van der Waals surface area contributed by atoms with Crippen molar-refractivity contribution in [1.82, 2.24) is 5.32 Å². The Morgan fingerprint density at radius 2 is 2.00 bits per heavy atom. The van der Waals surface area contributed by atoms with Crippen molar-refractivity contribution in [2.24, 2.45) is 5.92 Å². The highest BCUT2D eigenvalue weighted by molar-refractivity contribution is 5.79. The lowest BCUT2D eigenvalue weighted by atomic mass is 9.88. The number of Topliss-reactive ketones (excluding diaryl/α,β-unsaturated/α-hetero) is 1. The van der Waals surface area contributed by atoms with Gasteiger partial charge in [0, 0.05) is 12.8 Å². The molecule has 0 saturated heterocycles. The van der Waals surface area contributed by atoms with Crippen molar-refractivity contribution in [3.05, 3.63) is 29.8 Å². The molecule has 0 aliphatic heterocycles. The number of methoxy groups -OCH3 is 1. The lowest BCUT2D eigenvalue weighted by molar-refractivity contribution is -0.120. The number of ether oxygens (including phenoxy) is 1. The van der Waals surface area contributed by atoms with E-state index in [1.165, 1.54) is 5.56 Å². The summed E-state index contributed by atoms with van der Waals surface area (Å²) in [5.41, 5.74) is 1.25. The fraction of sp³-hybridized carbons (Fsp3) is 0.562. The maximum atomic E-state index is 11.2. The predicted molar refractivity (Wildman–Crippen MR) is 76.5 cm³/mol. The van der Waals surface area contributed by atoms with Crippen molar-refractivity contribution in [2.45, 2.75) is 32.1 Å². The third-order valence-electron chi connectivity index (χ3n) is 3.86. The molecule has 1 aliphatic rings. The number of carbonyl (C=O) groups excluding carboxylic acids is 1. The lowest BCUT2D eigenvalue weighted by Crippen LogP contribution is -2.28. The van der Waals surface area contributed by atoms with Crippen LogP contribution in [0.25, 0.3) is 0 Å². The zero-order chi connectivity index (χ0) is 13.5. The number of hydrogen-bond donors (Lipinski definition) is 1. The van der Waals surface area contributed by atoms with Crippen LogP contribution in [0.3, 0.4) is 0 Å². The highest BCUT2D eigenvalue weighted by atomic mass is 16.5. The molecule has 0 spiro atoms. The number of carbonyl (C=O) groups is 1. The Balaban J connectivity index is 1.68. The summed E-state index contributed by atoms with van der Waals surface area (Å²) in [6, 6.07) is 8.15. The van der Waals surface area contributed by atoms with E-state index in [1.54, 1.807) is 7.11 Å². The zero-order valence-corrected chi connectivity index (χ0v) is 11.7. The van der Waals surface area contributed by atoms with E-state index in [2.05, 4.69) is 11.4 Å². The van der Waals surface area contributed by atoms with Crippen molar-refractivity contribution in [1.29, 1.82) is 0 Å². The number of nitrogens with one attached hydrogen (secondary N) is 1. The number of para-hydroxylation sites is 1. The molecule has 1 aromatic carbocycles. The van der Waals surface area contributed by atoms with Gasteiger partial charge in [-0.3, -0.25) is 4.79 Å². The fourth-order valence-corrected chi connectivity index (χ4v) is 2.64. The average Bonchev–Trinajstić information content (AvgIpc) is 2.46. The van der Waals surface area contributed by atoms with Gasteiger partial charge in [-0.05, 0) is 49.9 Å². The molecule has 0 radical (unpaired) electrons. The summed E-state index contributed by atoms with van der Waals surface area (Å²) in [4.78, 5) is 11.2. The maximum absolute atomic E-state index is 11.2. The van der Waals surface area contributed by atoms with E-state index in [1.807, 2.05) is 18.2 Å². The van der Waals surface area contributed by atoms with Crippen LogP contribution in [0.5, 0.6) is 5.75 Å². The SMILES string of the molecule is COc1ccccc1CCNCC1CCC(=O)CC1. The van der Waals surface area contributed by atoms with E-state index in [-0.39, 0.29) is 0 Å². The molecule has 19 heavy (non-hydrogen) atoms. The molecule has 0 aromatic heterocycles. The topological polar surface area (TPSA) is 38.3 Å². The van der Waals surface area contributed by atoms with Crippen LogP contribution in [0.2, 0.25) is 0 Å². The molecule has 1 saturated carbocycles. The minimum Gasteiger partial charge on any atom is -0.496 e. The molecule has 2 rings (SSSR count). The van der Waals surface area contributed by atoms with Crippen LogP contribution in [-0.4, -0.2) is 26.0 Å². The van der Waals surface area contributed by atoms with Gasteiger partial charge in [-0.1, -0.05) is 18.2 Å². The van der Waals surface area contributed by atoms with Crippen molar-refractivity contribution >= 4 is 5.78 Å². The molecule has 1 aromatic rings. The molecule has 0 amide bonds. The van der Waals surface area contributed by atoms with Gasteiger partial charge < -0.3 is 10.1 Å². The lowest BCUT2D eigenvalue weighted by Gasteiger charge is -2.21. The first-order chi connectivity index (χ1) is 9.29. The third-order valence-corrected chi connectivity index (χ3v) is 3.86. The quantitative estimate of drug-likeness (QED) is 0.800. The van der Waals surface area contributed by atoms with Gasteiger partial charge in [-0.25, -0.2) is 0 Å². The van der Waals surface area contributed by atoms with Crippen LogP contribution in [0, 0.1) is 5.92 Å². The molecule has 3 heteroatoms. The summed E-state index contributed by atoms with van der Waals surface area (Å²) < 4.78 is 5.34. The molecule has 0 heterocycles. The van der Waals surface area contributed by atoms with Crippen molar-refractivity contribution in [3.8, 4) is 5.75 Å². The molecule has 1 aliphatic carbocycles. The van der Waals surface area contributed by atoms with Crippen LogP contribution >= 0.6 is 0 Å². The summed E-state index contributed by atoms with van der Waals surface area (Å²) >= 11 is 0. The van der Waals surface area contributed by atoms with Gasteiger partial charge in [-0.2, -0.15) is 0 Å². The van der Waals surface area contributed by atoms with Crippen LogP contribution < -0.4 is 10.1 Å². The second-order valence-electron chi connectivity index (χ2n) is 5.25. The molecular weight excluding hydrogens is 238 g/mol. The van der Waals surface area contributed by atoms with Gasteiger partial charge in [0.2, 0.25) is 0 Å². The maximum Gasteiger partial charge on any atom is 0.132 e. The minimum absolute atomic E-state index is 0.435. The standard InChI is InChI=1S/C16H23NO2/c1-19-16-5-3-2-4-14(16)10-11-17-12-13-6-8-15(18)9-7-13/h2-5,13,17H,6-12H2,1H3. The average molecular weight is 261 g/mol. The van der Waals surface area contributed by atoms with E-state index in [9.17, 15) is 4.79 Å². The Labute approximate surface area is 115 Å². The monoisotopic (exact) mass is 261 g/mol. The Morgan fingerprint density at radius 1 is 1.26 bits per heavy atom.